The monoisotopic (exact) mass is 144 g/mol. The first-order chi connectivity index (χ1) is 4.62. The Balaban J connectivity index is 3.37. The lowest BCUT2D eigenvalue weighted by Gasteiger charge is -2.13. The molecule has 0 aliphatic heterocycles. The fraction of sp³-hybridized carbons (Fsp3) is 1.00. The molecule has 0 aromatic carbocycles. The summed E-state index contributed by atoms with van der Waals surface area (Å²) >= 11 is 0. The SMILES string of the molecule is CC(C)(CCCCN)N=O. The molecular formula is C7H16N2O. The zero-order valence-corrected chi connectivity index (χ0v) is 6.76. The van der Waals surface area contributed by atoms with Gasteiger partial charge in [0.1, 0.15) is 0 Å². The Morgan fingerprint density at radius 1 is 1.40 bits per heavy atom. The van der Waals surface area contributed by atoms with Crippen molar-refractivity contribution < 1.29 is 0 Å². The van der Waals surface area contributed by atoms with Crippen molar-refractivity contribution in [3.8, 4) is 0 Å². The third kappa shape index (κ3) is 4.44. The molecule has 0 aliphatic rings. The summed E-state index contributed by atoms with van der Waals surface area (Å²) in [5, 5.41) is 3.00. The first kappa shape index (κ1) is 9.56. The van der Waals surface area contributed by atoms with Crippen molar-refractivity contribution in [1.29, 1.82) is 0 Å². The predicted octanol–water partition coefficient (Wildman–Crippen LogP) is 1.66. The normalized spacial score (nSPS) is 11.5. The maximum atomic E-state index is 10.1. The van der Waals surface area contributed by atoms with Crippen LogP contribution in [-0.4, -0.2) is 12.1 Å². The van der Waals surface area contributed by atoms with Gasteiger partial charge in [-0.2, -0.15) is 4.91 Å². The van der Waals surface area contributed by atoms with Crippen LogP contribution in [0.2, 0.25) is 0 Å². The third-order valence-corrected chi connectivity index (χ3v) is 1.49. The van der Waals surface area contributed by atoms with Crippen molar-refractivity contribution in [2.24, 2.45) is 10.9 Å². The van der Waals surface area contributed by atoms with Crippen LogP contribution in [-0.2, 0) is 0 Å². The number of hydrogen-bond donors (Lipinski definition) is 1. The van der Waals surface area contributed by atoms with Crippen LogP contribution in [0.1, 0.15) is 33.1 Å². The van der Waals surface area contributed by atoms with Crippen molar-refractivity contribution in [1.82, 2.24) is 0 Å². The van der Waals surface area contributed by atoms with Gasteiger partial charge in [-0.15, -0.1) is 0 Å². The lowest BCUT2D eigenvalue weighted by atomic mass is 9.99. The second-order valence-electron chi connectivity index (χ2n) is 3.15. The number of hydrogen-bond acceptors (Lipinski definition) is 3. The maximum Gasteiger partial charge on any atom is 0.0970 e. The van der Waals surface area contributed by atoms with E-state index >= 15 is 0 Å². The zero-order valence-electron chi connectivity index (χ0n) is 6.76. The van der Waals surface area contributed by atoms with Crippen LogP contribution in [0.4, 0.5) is 0 Å². The molecule has 0 atom stereocenters. The van der Waals surface area contributed by atoms with Crippen LogP contribution in [0.25, 0.3) is 0 Å². The van der Waals surface area contributed by atoms with E-state index in [1.165, 1.54) is 0 Å². The molecule has 60 valence electrons. The van der Waals surface area contributed by atoms with E-state index in [1.54, 1.807) is 0 Å². The molecule has 3 nitrogen and oxygen atoms in total. The summed E-state index contributed by atoms with van der Waals surface area (Å²) in [5.41, 5.74) is 4.90. The van der Waals surface area contributed by atoms with E-state index < -0.39 is 5.54 Å². The van der Waals surface area contributed by atoms with Gasteiger partial charge in [-0.05, 0) is 39.7 Å². The molecule has 0 radical (unpaired) electrons. The molecule has 0 bridgehead atoms. The van der Waals surface area contributed by atoms with Gasteiger partial charge < -0.3 is 5.73 Å². The molecule has 0 rings (SSSR count). The smallest absolute Gasteiger partial charge is 0.0970 e. The topological polar surface area (TPSA) is 55.4 Å². The lowest BCUT2D eigenvalue weighted by Crippen LogP contribution is -2.15. The summed E-state index contributed by atoms with van der Waals surface area (Å²) in [7, 11) is 0. The Bertz CT molecular complexity index is 102. The Labute approximate surface area is 62.0 Å². The van der Waals surface area contributed by atoms with Crippen molar-refractivity contribution >= 4 is 0 Å². The highest BCUT2D eigenvalue weighted by atomic mass is 16.3. The number of nitrogens with zero attached hydrogens (tertiary/aromatic N) is 1. The van der Waals surface area contributed by atoms with E-state index in [0.717, 1.165) is 19.3 Å². The summed E-state index contributed by atoms with van der Waals surface area (Å²) in [6, 6.07) is 0. The number of unbranched alkanes of at least 4 members (excludes halogenated alkanes) is 1. The van der Waals surface area contributed by atoms with E-state index in [2.05, 4.69) is 5.18 Å². The molecule has 0 amide bonds. The molecule has 10 heavy (non-hydrogen) atoms. The zero-order chi connectivity index (χ0) is 8.04. The van der Waals surface area contributed by atoms with Gasteiger partial charge in [0, 0.05) is 0 Å². The van der Waals surface area contributed by atoms with Crippen LogP contribution >= 0.6 is 0 Å². The van der Waals surface area contributed by atoms with Crippen LogP contribution in [0.3, 0.4) is 0 Å². The molecule has 0 aliphatic carbocycles. The second kappa shape index (κ2) is 4.39. The van der Waals surface area contributed by atoms with Crippen LogP contribution < -0.4 is 5.73 Å². The van der Waals surface area contributed by atoms with Crippen molar-refractivity contribution in [3.05, 3.63) is 4.91 Å². The van der Waals surface area contributed by atoms with Gasteiger partial charge in [-0.1, -0.05) is 5.18 Å². The van der Waals surface area contributed by atoms with E-state index in [0.29, 0.717) is 6.54 Å². The summed E-state index contributed by atoms with van der Waals surface area (Å²) in [6.45, 7) is 4.39. The van der Waals surface area contributed by atoms with Crippen LogP contribution in [0.5, 0.6) is 0 Å². The fourth-order valence-electron chi connectivity index (χ4n) is 0.748. The molecule has 0 fully saturated rings. The van der Waals surface area contributed by atoms with Crippen LogP contribution in [0.15, 0.2) is 5.18 Å². The molecule has 0 heterocycles. The Hall–Kier alpha value is -0.440. The van der Waals surface area contributed by atoms with Crippen LogP contribution in [0, 0.1) is 4.91 Å². The Morgan fingerprint density at radius 2 is 2.00 bits per heavy atom. The summed E-state index contributed by atoms with van der Waals surface area (Å²) in [4.78, 5) is 10.1. The van der Waals surface area contributed by atoms with E-state index in [-0.39, 0.29) is 0 Å². The van der Waals surface area contributed by atoms with Gasteiger partial charge in [0.05, 0.1) is 5.54 Å². The predicted molar refractivity (Wildman–Crippen MR) is 42.8 cm³/mol. The second-order valence-corrected chi connectivity index (χ2v) is 3.15. The third-order valence-electron chi connectivity index (χ3n) is 1.49. The van der Waals surface area contributed by atoms with Gasteiger partial charge in [-0.25, -0.2) is 0 Å². The van der Waals surface area contributed by atoms with Crippen molar-refractivity contribution in [2.45, 2.75) is 38.6 Å². The molecule has 0 saturated carbocycles. The average molecular weight is 144 g/mol. The summed E-state index contributed by atoms with van der Waals surface area (Å²) < 4.78 is 0. The standard InChI is InChI=1S/C7H16N2O/c1-7(2,9-10)5-3-4-6-8/h3-6,8H2,1-2H3. The molecule has 0 aromatic rings. The first-order valence-corrected chi connectivity index (χ1v) is 3.67. The molecule has 0 aromatic heterocycles. The lowest BCUT2D eigenvalue weighted by molar-refractivity contribution is 0.451. The van der Waals surface area contributed by atoms with Gasteiger partial charge in [0.25, 0.3) is 0 Å². The van der Waals surface area contributed by atoms with Gasteiger partial charge in [0.15, 0.2) is 0 Å². The number of rotatable bonds is 5. The maximum absolute atomic E-state index is 10.1. The molecule has 0 spiro atoms. The summed E-state index contributed by atoms with van der Waals surface area (Å²) in [5.74, 6) is 0. The molecule has 0 saturated heterocycles. The quantitative estimate of drug-likeness (QED) is 0.471. The number of nitrogens with two attached hydrogens (primary N) is 1. The van der Waals surface area contributed by atoms with E-state index in [1.807, 2.05) is 13.8 Å². The first-order valence-electron chi connectivity index (χ1n) is 3.67. The van der Waals surface area contributed by atoms with Crippen molar-refractivity contribution in [3.63, 3.8) is 0 Å². The molecule has 0 unspecified atom stereocenters. The van der Waals surface area contributed by atoms with E-state index in [9.17, 15) is 4.91 Å². The highest BCUT2D eigenvalue weighted by Gasteiger charge is 2.16. The van der Waals surface area contributed by atoms with Gasteiger partial charge >= 0.3 is 0 Å². The molecule has 3 heteroatoms. The van der Waals surface area contributed by atoms with Crippen molar-refractivity contribution in [2.75, 3.05) is 6.54 Å². The Morgan fingerprint density at radius 3 is 2.40 bits per heavy atom. The van der Waals surface area contributed by atoms with E-state index in [4.69, 9.17) is 5.73 Å². The highest BCUT2D eigenvalue weighted by Crippen LogP contribution is 2.16. The Kier molecular flexibility index (Phi) is 4.19. The highest BCUT2D eigenvalue weighted by molar-refractivity contribution is 4.75. The average Bonchev–Trinajstić information content (AvgIpc) is 1.89. The molecular weight excluding hydrogens is 128 g/mol. The van der Waals surface area contributed by atoms with Gasteiger partial charge in [-0.3, -0.25) is 0 Å². The minimum absolute atomic E-state index is 0.394. The minimum atomic E-state index is -0.394. The van der Waals surface area contributed by atoms with Gasteiger partial charge in [0.2, 0.25) is 0 Å². The summed E-state index contributed by atoms with van der Waals surface area (Å²) in [6.07, 6.45) is 2.82. The molecule has 2 N–H and O–H groups in total. The fourth-order valence-corrected chi connectivity index (χ4v) is 0.748. The minimum Gasteiger partial charge on any atom is -0.330 e. The largest absolute Gasteiger partial charge is 0.330 e. The number of nitroso groups, excluding NO2 is 1.